The molecule has 1 aromatic carbocycles. The summed E-state index contributed by atoms with van der Waals surface area (Å²) in [6, 6.07) is 5.26. The van der Waals surface area contributed by atoms with Gasteiger partial charge in [0.2, 0.25) is 11.8 Å². The molecule has 0 aliphatic carbocycles. The highest BCUT2D eigenvalue weighted by molar-refractivity contribution is 5.76. The molecule has 1 rings (SSSR count). The largest absolute Gasteiger partial charge is 0.493 e. The first-order chi connectivity index (χ1) is 9.83. The maximum absolute atomic E-state index is 11.3. The van der Waals surface area contributed by atoms with Crippen LogP contribution in [0.25, 0.3) is 0 Å². The number of carbonyl (C=O) groups excluding carboxylic acids is 2. The van der Waals surface area contributed by atoms with Crippen LogP contribution in [-0.2, 0) is 9.59 Å². The van der Waals surface area contributed by atoms with Crippen molar-refractivity contribution in [1.82, 2.24) is 10.6 Å². The second-order valence-electron chi connectivity index (χ2n) is 4.91. The Labute approximate surface area is 124 Å². The highest BCUT2D eigenvalue weighted by atomic mass is 16.5. The van der Waals surface area contributed by atoms with Gasteiger partial charge in [0.05, 0.1) is 13.2 Å². The molecule has 0 saturated carbocycles. The lowest BCUT2D eigenvalue weighted by Gasteiger charge is -2.21. The third-order valence-electron chi connectivity index (χ3n) is 2.58. The minimum Gasteiger partial charge on any atom is -0.493 e. The first-order valence-electron chi connectivity index (χ1n) is 6.72. The molecular weight excluding hydrogens is 272 g/mol. The monoisotopic (exact) mass is 294 g/mol. The molecule has 2 amide bonds. The van der Waals surface area contributed by atoms with Gasteiger partial charge in [0.1, 0.15) is 6.17 Å². The number of nitrogens with one attached hydrogen (secondary N) is 2. The molecule has 0 bridgehead atoms. The van der Waals surface area contributed by atoms with Gasteiger partial charge in [-0.25, -0.2) is 0 Å². The lowest BCUT2D eigenvalue weighted by molar-refractivity contribution is -0.122. The van der Waals surface area contributed by atoms with Crippen LogP contribution in [0.5, 0.6) is 11.5 Å². The molecule has 0 fully saturated rings. The van der Waals surface area contributed by atoms with Crippen LogP contribution in [0, 0.1) is 0 Å². The molecule has 0 heterocycles. The van der Waals surface area contributed by atoms with E-state index in [9.17, 15) is 9.59 Å². The average molecular weight is 294 g/mol. The summed E-state index contributed by atoms with van der Waals surface area (Å²) < 4.78 is 10.9. The minimum absolute atomic E-state index is 0.0197. The molecule has 6 heteroatoms. The first kappa shape index (κ1) is 16.8. The van der Waals surface area contributed by atoms with Crippen molar-refractivity contribution in [3.8, 4) is 11.5 Å². The van der Waals surface area contributed by atoms with Crippen molar-refractivity contribution in [2.24, 2.45) is 0 Å². The van der Waals surface area contributed by atoms with Crippen molar-refractivity contribution in [3.05, 3.63) is 23.8 Å². The molecule has 0 saturated heterocycles. The topological polar surface area (TPSA) is 76.7 Å². The number of carbonyl (C=O) groups is 2. The summed E-state index contributed by atoms with van der Waals surface area (Å²) >= 11 is 0. The zero-order valence-electron chi connectivity index (χ0n) is 13.0. The molecule has 6 nitrogen and oxygen atoms in total. The molecule has 21 heavy (non-hydrogen) atoms. The fraction of sp³-hybridized carbons (Fsp3) is 0.467. The Hall–Kier alpha value is -2.24. The van der Waals surface area contributed by atoms with E-state index in [2.05, 4.69) is 10.6 Å². The number of hydrogen-bond acceptors (Lipinski definition) is 4. The van der Waals surface area contributed by atoms with Gasteiger partial charge in [0, 0.05) is 13.8 Å². The van der Waals surface area contributed by atoms with Gasteiger partial charge in [-0.2, -0.15) is 0 Å². The van der Waals surface area contributed by atoms with E-state index in [1.54, 1.807) is 18.2 Å². The zero-order valence-corrected chi connectivity index (χ0v) is 13.0. The Balaban J connectivity index is 3.08. The quantitative estimate of drug-likeness (QED) is 0.784. The lowest BCUT2D eigenvalue weighted by atomic mass is 10.1. The number of benzene rings is 1. The highest BCUT2D eigenvalue weighted by Gasteiger charge is 2.16. The van der Waals surface area contributed by atoms with Crippen LogP contribution in [-0.4, -0.2) is 25.0 Å². The van der Waals surface area contributed by atoms with Gasteiger partial charge in [-0.1, -0.05) is 6.07 Å². The van der Waals surface area contributed by atoms with Crippen molar-refractivity contribution in [3.63, 3.8) is 0 Å². The minimum atomic E-state index is -0.609. The van der Waals surface area contributed by atoms with Crippen molar-refractivity contribution in [1.29, 1.82) is 0 Å². The van der Waals surface area contributed by atoms with Crippen LogP contribution in [0.4, 0.5) is 0 Å². The fourth-order valence-electron chi connectivity index (χ4n) is 1.82. The van der Waals surface area contributed by atoms with Crippen molar-refractivity contribution < 1.29 is 19.1 Å². The predicted molar refractivity (Wildman–Crippen MR) is 79.1 cm³/mol. The molecule has 0 radical (unpaired) electrons. The van der Waals surface area contributed by atoms with Crippen molar-refractivity contribution in [2.75, 3.05) is 7.11 Å². The van der Waals surface area contributed by atoms with Gasteiger partial charge in [-0.3, -0.25) is 9.59 Å². The van der Waals surface area contributed by atoms with Gasteiger partial charge in [-0.05, 0) is 31.5 Å². The van der Waals surface area contributed by atoms with Gasteiger partial charge >= 0.3 is 0 Å². The number of hydrogen-bond donors (Lipinski definition) is 2. The molecule has 0 unspecified atom stereocenters. The van der Waals surface area contributed by atoms with Gasteiger partial charge in [-0.15, -0.1) is 0 Å². The van der Waals surface area contributed by atoms with Crippen LogP contribution in [0.3, 0.4) is 0 Å². The van der Waals surface area contributed by atoms with E-state index in [0.717, 1.165) is 0 Å². The standard InChI is InChI=1S/C15H22N2O4/c1-9(2)21-13-7-6-12(8-14(13)20-5)15(16-10(3)18)17-11(4)19/h6-9,15H,1-5H3,(H,16,18)(H,17,19). The Morgan fingerprint density at radius 2 is 1.62 bits per heavy atom. The smallest absolute Gasteiger partial charge is 0.218 e. The third kappa shape index (κ3) is 5.33. The summed E-state index contributed by atoms with van der Waals surface area (Å²) in [7, 11) is 1.54. The van der Waals surface area contributed by atoms with E-state index in [-0.39, 0.29) is 17.9 Å². The summed E-state index contributed by atoms with van der Waals surface area (Å²) in [5.41, 5.74) is 0.702. The maximum atomic E-state index is 11.3. The number of methoxy groups -OCH3 is 1. The van der Waals surface area contributed by atoms with E-state index in [0.29, 0.717) is 17.1 Å². The molecular formula is C15H22N2O4. The van der Waals surface area contributed by atoms with Gasteiger partial charge in [0.15, 0.2) is 11.5 Å². The summed E-state index contributed by atoms with van der Waals surface area (Å²) in [4.78, 5) is 22.5. The van der Waals surface area contributed by atoms with Crippen LogP contribution in [0.2, 0.25) is 0 Å². The van der Waals surface area contributed by atoms with Crippen molar-refractivity contribution >= 4 is 11.8 Å². The van der Waals surface area contributed by atoms with Gasteiger partial charge < -0.3 is 20.1 Å². The maximum Gasteiger partial charge on any atom is 0.218 e. The predicted octanol–water partition coefficient (Wildman–Crippen LogP) is 1.75. The Morgan fingerprint density at radius 3 is 2.05 bits per heavy atom. The second-order valence-corrected chi connectivity index (χ2v) is 4.91. The fourth-order valence-corrected chi connectivity index (χ4v) is 1.82. The van der Waals surface area contributed by atoms with Crippen LogP contribution < -0.4 is 20.1 Å². The van der Waals surface area contributed by atoms with E-state index in [4.69, 9.17) is 9.47 Å². The lowest BCUT2D eigenvalue weighted by Crippen LogP contribution is -2.39. The molecule has 0 aliphatic heterocycles. The van der Waals surface area contributed by atoms with E-state index < -0.39 is 6.17 Å². The zero-order chi connectivity index (χ0) is 16.0. The summed E-state index contributed by atoms with van der Waals surface area (Å²) in [6.45, 7) is 6.63. The van der Waals surface area contributed by atoms with E-state index in [1.807, 2.05) is 13.8 Å². The Bertz CT molecular complexity index is 498. The molecule has 1 aromatic rings. The van der Waals surface area contributed by atoms with E-state index in [1.165, 1.54) is 21.0 Å². The number of amides is 2. The van der Waals surface area contributed by atoms with Crippen LogP contribution in [0.15, 0.2) is 18.2 Å². The molecule has 0 spiro atoms. The Morgan fingerprint density at radius 1 is 1.05 bits per heavy atom. The highest BCUT2D eigenvalue weighted by Crippen LogP contribution is 2.30. The SMILES string of the molecule is COc1cc(C(NC(C)=O)NC(C)=O)ccc1OC(C)C. The summed E-state index contributed by atoms with van der Waals surface area (Å²) in [5, 5.41) is 5.34. The van der Waals surface area contributed by atoms with Crippen LogP contribution in [0.1, 0.15) is 39.4 Å². The number of rotatable bonds is 6. The normalized spacial score (nSPS) is 10.4. The summed E-state index contributed by atoms with van der Waals surface area (Å²) in [5.74, 6) is 0.674. The molecule has 0 atom stereocenters. The van der Waals surface area contributed by atoms with Crippen molar-refractivity contribution in [2.45, 2.75) is 40.0 Å². The molecule has 2 N–H and O–H groups in total. The number of ether oxygens (including phenoxy) is 2. The Kier molecular flexibility index (Phi) is 6.02. The average Bonchev–Trinajstić information content (AvgIpc) is 2.36. The van der Waals surface area contributed by atoms with Crippen LogP contribution >= 0.6 is 0 Å². The third-order valence-corrected chi connectivity index (χ3v) is 2.58. The van der Waals surface area contributed by atoms with E-state index >= 15 is 0 Å². The second kappa shape index (κ2) is 7.52. The molecule has 0 aliphatic rings. The first-order valence-corrected chi connectivity index (χ1v) is 6.72. The van der Waals surface area contributed by atoms with Gasteiger partial charge in [0.25, 0.3) is 0 Å². The summed E-state index contributed by atoms with van der Waals surface area (Å²) in [6.07, 6.45) is -0.590. The molecule has 0 aromatic heterocycles. The molecule has 116 valence electrons.